The molecule has 1 unspecified atom stereocenters. The minimum atomic E-state index is 0.208. The maximum atomic E-state index is 12.1. The first-order chi connectivity index (χ1) is 12.2. The standard InChI is InChI=1S/C18H25N5OS/c1-2-25-11-17(24)21-18-14-3-4-15(18)10-22(9-14)8-13-5-6-23-16(7-13)19-12-20-23/h5-7,12,14-15,18H,2-4,8-11H2,1H3,(H,21,24)/t14-,15+,18?. The number of nitrogens with zero attached hydrogens (tertiary/aromatic N) is 4. The van der Waals surface area contributed by atoms with Gasteiger partial charge in [0.2, 0.25) is 5.91 Å². The number of fused-ring (bicyclic) bond motifs is 3. The Kier molecular flexibility index (Phi) is 4.94. The Balaban J connectivity index is 1.36. The summed E-state index contributed by atoms with van der Waals surface area (Å²) in [5.41, 5.74) is 2.18. The second-order valence-corrected chi connectivity index (χ2v) is 8.39. The van der Waals surface area contributed by atoms with Crippen LogP contribution in [0.2, 0.25) is 0 Å². The van der Waals surface area contributed by atoms with Crippen molar-refractivity contribution in [1.82, 2.24) is 24.8 Å². The second-order valence-electron chi connectivity index (χ2n) is 7.12. The Labute approximate surface area is 152 Å². The van der Waals surface area contributed by atoms with Gasteiger partial charge in [-0.15, -0.1) is 0 Å². The van der Waals surface area contributed by atoms with Crippen molar-refractivity contribution in [3.05, 3.63) is 30.2 Å². The van der Waals surface area contributed by atoms with Crippen molar-refractivity contribution < 1.29 is 4.79 Å². The summed E-state index contributed by atoms with van der Waals surface area (Å²) in [6.07, 6.45) is 6.03. The van der Waals surface area contributed by atoms with Gasteiger partial charge in [-0.05, 0) is 48.1 Å². The first kappa shape index (κ1) is 16.8. The van der Waals surface area contributed by atoms with Crippen molar-refractivity contribution in [2.24, 2.45) is 11.8 Å². The molecule has 2 fully saturated rings. The number of hydrogen-bond acceptors (Lipinski definition) is 5. The molecule has 1 saturated carbocycles. The van der Waals surface area contributed by atoms with E-state index in [-0.39, 0.29) is 5.91 Å². The fraction of sp³-hybridized carbons (Fsp3) is 0.611. The van der Waals surface area contributed by atoms with Crippen LogP contribution >= 0.6 is 11.8 Å². The highest BCUT2D eigenvalue weighted by Gasteiger charge is 2.42. The van der Waals surface area contributed by atoms with E-state index in [0.717, 1.165) is 31.0 Å². The lowest BCUT2D eigenvalue weighted by atomic mass is 9.92. The summed E-state index contributed by atoms with van der Waals surface area (Å²) in [7, 11) is 0. The third-order valence-electron chi connectivity index (χ3n) is 5.43. The lowest BCUT2D eigenvalue weighted by molar-refractivity contribution is -0.120. The molecule has 25 heavy (non-hydrogen) atoms. The zero-order valence-corrected chi connectivity index (χ0v) is 15.4. The molecule has 0 spiro atoms. The van der Waals surface area contributed by atoms with Crippen LogP contribution in [-0.2, 0) is 11.3 Å². The molecule has 134 valence electrons. The third-order valence-corrected chi connectivity index (χ3v) is 6.30. The van der Waals surface area contributed by atoms with Gasteiger partial charge in [0.1, 0.15) is 6.33 Å². The number of aromatic nitrogens is 3. The summed E-state index contributed by atoms with van der Waals surface area (Å²) in [5, 5.41) is 7.46. The van der Waals surface area contributed by atoms with E-state index in [1.165, 1.54) is 18.4 Å². The smallest absolute Gasteiger partial charge is 0.230 e. The molecule has 1 saturated heterocycles. The summed E-state index contributed by atoms with van der Waals surface area (Å²) in [4.78, 5) is 18.9. The molecule has 2 aliphatic rings. The topological polar surface area (TPSA) is 62.5 Å². The molecule has 1 N–H and O–H groups in total. The fourth-order valence-electron chi connectivity index (χ4n) is 4.32. The van der Waals surface area contributed by atoms with Crippen LogP contribution < -0.4 is 5.32 Å². The van der Waals surface area contributed by atoms with Crippen molar-refractivity contribution in [2.75, 3.05) is 24.6 Å². The maximum Gasteiger partial charge on any atom is 0.230 e. The Morgan fingerprint density at radius 3 is 2.92 bits per heavy atom. The molecule has 3 atom stereocenters. The van der Waals surface area contributed by atoms with Crippen molar-refractivity contribution in [2.45, 2.75) is 32.4 Å². The Morgan fingerprint density at radius 1 is 1.36 bits per heavy atom. The van der Waals surface area contributed by atoms with Gasteiger partial charge in [-0.3, -0.25) is 9.69 Å². The van der Waals surface area contributed by atoms with Crippen LogP contribution in [0.4, 0.5) is 0 Å². The number of hydrogen-bond donors (Lipinski definition) is 1. The van der Waals surface area contributed by atoms with Gasteiger partial charge in [-0.1, -0.05) is 6.92 Å². The molecular weight excluding hydrogens is 334 g/mol. The molecule has 1 aliphatic heterocycles. The van der Waals surface area contributed by atoms with Gasteiger partial charge in [0.15, 0.2) is 5.65 Å². The molecule has 1 amide bonds. The van der Waals surface area contributed by atoms with Crippen molar-refractivity contribution >= 4 is 23.3 Å². The number of carbonyl (C=O) groups is 1. The number of thioether (sulfide) groups is 1. The highest BCUT2D eigenvalue weighted by molar-refractivity contribution is 7.99. The van der Waals surface area contributed by atoms with E-state index in [4.69, 9.17) is 0 Å². The van der Waals surface area contributed by atoms with Crippen LogP contribution in [0.25, 0.3) is 5.65 Å². The lowest BCUT2D eigenvalue weighted by Gasteiger charge is -2.38. The van der Waals surface area contributed by atoms with Crippen molar-refractivity contribution in [3.63, 3.8) is 0 Å². The Morgan fingerprint density at radius 2 is 2.16 bits per heavy atom. The van der Waals surface area contributed by atoms with Crippen LogP contribution in [0.3, 0.4) is 0 Å². The summed E-state index contributed by atoms with van der Waals surface area (Å²) >= 11 is 1.70. The van der Waals surface area contributed by atoms with Gasteiger partial charge in [0.05, 0.1) is 5.75 Å². The third kappa shape index (κ3) is 3.67. The predicted molar refractivity (Wildman–Crippen MR) is 99.4 cm³/mol. The minimum absolute atomic E-state index is 0.208. The number of likely N-dealkylation sites (tertiary alicyclic amines) is 1. The molecule has 2 aromatic heterocycles. The fourth-order valence-corrected chi connectivity index (χ4v) is 4.79. The molecule has 2 aromatic rings. The first-order valence-electron chi connectivity index (χ1n) is 9.10. The lowest BCUT2D eigenvalue weighted by Crippen LogP contribution is -2.52. The van der Waals surface area contributed by atoms with Gasteiger partial charge < -0.3 is 5.32 Å². The van der Waals surface area contributed by atoms with E-state index in [2.05, 4.69) is 39.4 Å². The SMILES string of the molecule is CCSCC(=O)NC1[C@@H]2CC[C@H]1CN(Cc1ccn3ncnc3c1)C2. The molecule has 1 aliphatic carbocycles. The summed E-state index contributed by atoms with van der Waals surface area (Å²) in [6, 6.07) is 4.62. The van der Waals surface area contributed by atoms with E-state index in [0.29, 0.717) is 23.6 Å². The average Bonchev–Trinajstić information content (AvgIpc) is 3.15. The van der Waals surface area contributed by atoms with Gasteiger partial charge in [-0.25, -0.2) is 9.50 Å². The zero-order valence-electron chi connectivity index (χ0n) is 14.6. The number of amides is 1. The van der Waals surface area contributed by atoms with Gasteiger partial charge >= 0.3 is 0 Å². The largest absolute Gasteiger partial charge is 0.352 e. The molecule has 0 radical (unpaired) electrons. The molecule has 4 rings (SSSR count). The Bertz CT molecular complexity index is 734. The molecule has 6 nitrogen and oxygen atoms in total. The van der Waals surface area contributed by atoms with Crippen LogP contribution in [0.1, 0.15) is 25.3 Å². The normalized spacial score (nSPS) is 26.2. The monoisotopic (exact) mass is 359 g/mol. The van der Waals surface area contributed by atoms with Crippen molar-refractivity contribution in [1.29, 1.82) is 0 Å². The first-order valence-corrected chi connectivity index (χ1v) is 10.3. The molecular formula is C18H25N5OS. The predicted octanol–water partition coefficient (Wildman–Crippen LogP) is 1.81. The molecule has 0 aromatic carbocycles. The van der Waals surface area contributed by atoms with Gasteiger partial charge in [0, 0.05) is 31.9 Å². The van der Waals surface area contributed by atoms with Crippen LogP contribution in [-0.4, -0.2) is 56.0 Å². The van der Waals surface area contributed by atoms with E-state index in [1.54, 1.807) is 22.6 Å². The summed E-state index contributed by atoms with van der Waals surface area (Å²) in [5.74, 6) is 2.97. The zero-order chi connectivity index (χ0) is 17.2. The van der Waals surface area contributed by atoms with Crippen molar-refractivity contribution in [3.8, 4) is 0 Å². The number of pyridine rings is 1. The number of carbonyl (C=O) groups excluding carboxylic acids is 1. The van der Waals surface area contributed by atoms with E-state index in [1.807, 2.05) is 6.20 Å². The average molecular weight is 359 g/mol. The van der Waals surface area contributed by atoms with Crippen LogP contribution in [0, 0.1) is 11.8 Å². The van der Waals surface area contributed by atoms with E-state index in [9.17, 15) is 4.79 Å². The highest BCUT2D eigenvalue weighted by atomic mass is 32.2. The number of nitrogens with one attached hydrogen (secondary N) is 1. The highest BCUT2D eigenvalue weighted by Crippen LogP contribution is 2.37. The molecule has 3 heterocycles. The summed E-state index contributed by atoms with van der Waals surface area (Å²) in [6.45, 7) is 5.18. The molecule has 7 heteroatoms. The van der Waals surface area contributed by atoms with Crippen LogP contribution in [0.15, 0.2) is 24.7 Å². The number of rotatable bonds is 6. The maximum absolute atomic E-state index is 12.1. The second kappa shape index (κ2) is 7.33. The van der Waals surface area contributed by atoms with Crippen LogP contribution in [0.5, 0.6) is 0 Å². The Hall–Kier alpha value is -1.60. The van der Waals surface area contributed by atoms with E-state index < -0.39 is 0 Å². The quantitative estimate of drug-likeness (QED) is 0.852. The van der Waals surface area contributed by atoms with Gasteiger partial charge in [-0.2, -0.15) is 16.9 Å². The van der Waals surface area contributed by atoms with E-state index >= 15 is 0 Å². The van der Waals surface area contributed by atoms with Gasteiger partial charge in [0.25, 0.3) is 0 Å². The minimum Gasteiger partial charge on any atom is -0.352 e. The summed E-state index contributed by atoms with van der Waals surface area (Å²) < 4.78 is 1.79. The molecule has 2 bridgehead atoms. The number of piperidine rings is 1.